The fraction of sp³-hybridized carbons (Fsp3) is 0.100. The molecule has 206 valence electrons. The maximum Gasteiger partial charge on any atom is 0.252 e. The van der Waals surface area contributed by atoms with Crippen LogP contribution in [0, 0.1) is 27.7 Å². The van der Waals surface area contributed by atoms with Gasteiger partial charge in [0.05, 0.1) is 0 Å². The quantitative estimate of drug-likeness (QED) is 0.202. The molecule has 6 aromatic carbocycles. The second-order valence-corrected chi connectivity index (χ2v) is 12.1. The molecule has 0 aromatic heterocycles. The number of fused-ring (bicyclic) bond motifs is 4. The highest BCUT2D eigenvalue weighted by Crippen LogP contribution is 2.45. The van der Waals surface area contributed by atoms with E-state index < -0.39 is 0 Å². The monoisotopic (exact) mass is 552 g/mol. The van der Waals surface area contributed by atoms with Gasteiger partial charge in [-0.15, -0.1) is 0 Å². The molecule has 2 nitrogen and oxygen atoms in total. The summed E-state index contributed by atoms with van der Waals surface area (Å²) in [6, 6.07) is 47.2. The Morgan fingerprint density at radius 1 is 0.419 bits per heavy atom. The van der Waals surface area contributed by atoms with E-state index in [1.807, 2.05) is 0 Å². The molecule has 3 heteroatoms. The van der Waals surface area contributed by atoms with E-state index in [2.05, 4.69) is 165 Å². The third-order valence-electron chi connectivity index (χ3n) is 9.04. The molecule has 0 radical (unpaired) electrons. The summed E-state index contributed by atoms with van der Waals surface area (Å²) in [5, 5.41) is 0. The van der Waals surface area contributed by atoms with Crippen LogP contribution in [0.1, 0.15) is 22.3 Å². The van der Waals surface area contributed by atoms with Crippen LogP contribution in [0.5, 0.6) is 0 Å². The van der Waals surface area contributed by atoms with E-state index in [0.717, 1.165) is 0 Å². The Kier molecular flexibility index (Phi) is 5.84. The van der Waals surface area contributed by atoms with Crippen molar-refractivity contribution in [1.82, 2.24) is 0 Å². The molecule has 0 saturated heterocycles. The minimum absolute atomic E-state index is 0.128. The smallest absolute Gasteiger partial charge is 0.252 e. The first kappa shape index (κ1) is 25.7. The predicted octanol–water partition coefficient (Wildman–Crippen LogP) is 8.67. The van der Waals surface area contributed by atoms with Gasteiger partial charge in [0.1, 0.15) is 0 Å². The molecule has 43 heavy (non-hydrogen) atoms. The second kappa shape index (κ2) is 9.78. The van der Waals surface area contributed by atoms with Crippen molar-refractivity contribution < 1.29 is 0 Å². The molecule has 0 fully saturated rings. The normalized spacial score (nSPS) is 13.0. The molecular formula is C40H33BN2. The van der Waals surface area contributed by atoms with Gasteiger partial charge in [0, 0.05) is 34.1 Å². The van der Waals surface area contributed by atoms with E-state index in [-0.39, 0.29) is 6.71 Å². The van der Waals surface area contributed by atoms with E-state index in [0.29, 0.717) is 0 Å². The Bertz CT molecular complexity index is 2010. The fourth-order valence-electron chi connectivity index (χ4n) is 7.46. The summed E-state index contributed by atoms with van der Waals surface area (Å²) in [6.45, 7) is 9.04. The minimum Gasteiger partial charge on any atom is -0.311 e. The van der Waals surface area contributed by atoms with Gasteiger partial charge in [0.25, 0.3) is 6.71 Å². The SMILES string of the molecule is Cc1cc(C)cc(N2c3cc(C)cc(C)c3B3c4ccc(-c5ccccc5)cc4N(c4ccccc4)c4cccc2c43)c1. The summed E-state index contributed by atoms with van der Waals surface area (Å²) < 4.78 is 0. The summed E-state index contributed by atoms with van der Waals surface area (Å²) in [5.41, 5.74) is 19.1. The van der Waals surface area contributed by atoms with E-state index in [1.165, 1.54) is 83.9 Å². The van der Waals surface area contributed by atoms with Crippen molar-refractivity contribution >= 4 is 57.2 Å². The minimum atomic E-state index is 0.128. The number of para-hydroxylation sites is 1. The molecule has 2 aliphatic rings. The van der Waals surface area contributed by atoms with E-state index in [4.69, 9.17) is 0 Å². The summed E-state index contributed by atoms with van der Waals surface area (Å²) in [5.74, 6) is 0. The first-order valence-electron chi connectivity index (χ1n) is 15.1. The van der Waals surface area contributed by atoms with Crippen molar-refractivity contribution in [3.8, 4) is 11.1 Å². The van der Waals surface area contributed by atoms with Gasteiger partial charge in [-0.1, -0.05) is 84.4 Å². The average Bonchev–Trinajstić information content (AvgIpc) is 3.01. The molecule has 0 saturated carbocycles. The van der Waals surface area contributed by atoms with Crippen LogP contribution in [0.4, 0.5) is 34.1 Å². The third kappa shape index (κ3) is 4.03. The number of aryl methyl sites for hydroxylation is 4. The summed E-state index contributed by atoms with van der Waals surface area (Å²) in [7, 11) is 0. The van der Waals surface area contributed by atoms with Gasteiger partial charge in [-0.2, -0.15) is 0 Å². The van der Waals surface area contributed by atoms with Crippen molar-refractivity contribution in [2.75, 3.05) is 9.80 Å². The molecular weight excluding hydrogens is 519 g/mol. The van der Waals surface area contributed by atoms with Crippen LogP contribution in [-0.2, 0) is 0 Å². The highest BCUT2D eigenvalue weighted by molar-refractivity contribution is 7.00. The van der Waals surface area contributed by atoms with Gasteiger partial charge in [-0.05, 0) is 120 Å². The van der Waals surface area contributed by atoms with Gasteiger partial charge in [-0.25, -0.2) is 0 Å². The zero-order valence-electron chi connectivity index (χ0n) is 25.1. The molecule has 8 rings (SSSR count). The molecule has 2 heterocycles. The molecule has 0 atom stereocenters. The highest BCUT2D eigenvalue weighted by Gasteiger charge is 2.43. The standard InChI is InChI=1S/C40H33BN2/c1-26-20-27(2)23-33(22-26)43-36-17-11-16-35-40(36)41(39-29(4)21-28(3)24-38(39)43)34-19-18-31(30-12-7-5-8-13-30)25-37(34)42(35)32-14-9-6-10-15-32/h5-25H,1-4H3. The van der Waals surface area contributed by atoms with Crippen LogP contribution in [0.2, 0.25) is 0 Å². The third-order valence-corrected chi connectivity index (χ3v) is 9.04. The molecule has 0 aliphatic carbocycles. The van der Waals surface area contributed by atoms with E-state index in [9.17, 15) is 0 Å². The Hall–Kier alpha value is -5.02. The van der Waals surface area contributed by atoms with Crippen LogP contribution in [0.15, 0.2) is 127 Å². The second-order valence-electron chi connectivity index (χ2n) is 12.1. The maximum atomic E-state index is 2.51. The topological polar surface area (TPSA) is 6.48 Å². The zero-order valence-corrected chi connectivity index (χ0v) is 25.1. The highest BCUT2D eigenvalue weighted by atomic mass is 15.2. The largest absolute Gasteiger partial charge is 0.311 e. The molecule has 0 amide bonds. The van der Waals surface area contributed by atoms with Crippen molar-refractivity contribution in [3.05, 3.63) is 150 Å². The molecule has 0 N–H and O–H groups in total. The average molecular weight is 553 g/mol. The first-order chi connectivity index (χ1) is 21.0. The number of hydrogen-bond donors (Lipinski definition) is 0. The Labute approximate surface area is 255 Å². The molecule has 0 unspecified atom stereocenters. The molecule has 2 aliphatic heterocycles. The van der Waals surface area contributed by atoms with E-state index >= 15 is 0 Å². The van der Waals surface area contributed by atoms with E-state index in [1.54, 1.807) is 0 Å². The lowest BCUT2D eigenvalue weighted by Gasteiger charge is -2.45. The van der Waals surface area contributed by atoms with Crippen LogP contribution < -0.4 is 26.2 Å². The summed E-state index contributed by atoms with van der Waals surface area (Å²) >= 11 is 0. The van der Waals surface area contributed by atoms with Gasteiger partial charge in [0.15, 0.2) is 0 Å². The Morgan fingerprint density at radius 3 is 1.74 bits per heavy atom. The number of rotatable bonds is 3. The molecule has 0 bridgehead atoms. The van der Waals surface area contributed by atoms with Crippen LogP contribution in [0.3, 0.4) is 0 Å². The van der Waals surface area contributed by atoms with Gasteiger partial charge in [0.2, 0.25) is 0 Å². The molecule has 6 aromatic rings. The predicted molar refractivity (Wildman–Crippen MR) is 185 cm³/mol. The lowest BCUT2D eigenvalue weighted by atomic mass is 9.32. The van der Waals surface area contributed by atoms with Crippen LogP contribution in [-0.4, -0.2) is 6.71 Å². The van der Waals surface area contributed by atoms with Gasteiger partial charge < -0.3 is 9.80 Å². The van der Waals surface area contributed by atoms with Gasteiger partial charge >= 0.3 is 0 Å². The fourth-order valence-corrected chi connectivity index (χ4v) is 7.46. The summed E-state index contributed by atoms with van der Waals surface area (Å²) in [6.07, 6.45) is 0. The van der Waals surface area contributed by atoms with Crippen molar-refractivity contribution in [3.63, 3.8) is 0 Å². The molecule has 0 spiro atoms. The number of nitrogens with zero attached hydrogens (tertiary/aromatic N) is 2. The van der Waals surface area contributed by atoms with Gasteiger partial charge in [-0.3, -0.25) is 0 Å². The maximum absolute atomic E-state index is 2.51. The zero-order chi connectivity index (χ0) is 29.2. The summed E-state index contributed by atoms with van der Waals surface area (Å²) in [4.78, 5) is 4.99. The number of anilines is 6. The lowest BCUT2D eigenvalue weighted by Crippen LogP contribution is -2.62. The Balaban J connectivity index is 1.47. The first-order valence-corrected chi connectivity index (χ1v) is 15.1. The van der Waals surface area contributed by atoms with Crippen molar-refractivity contribution in [1.29, 1.82) is 0 Å². The number of hydrogen-bond acceptors (Lipinski definition) is 2. The number of benzene rings is 6. The Morgan fingerprint density at radius 2 is 1.05 bits per heavy atom. The van der Waals surface area contributed by atoms with Crippen LogP contribution >= 0.6 is 0 Å². The van der Waals surface area contributed by atoms with Crippen LogP contribution in [0.25, 0.3) is 11.1 Å². The lowest BCUT2D eigenvalue weighted by molar-refractivity contribution is 1.23. The van der Waals surface area contributed by atoms with Crippen molar-refractivity contribution in [2.45, 2.75) is 27.7 Å². The van der Waals surface area contributed by atoms with Crippen molar-refractivity contribution in [2.24, 2.45) is 0 Å².